The fraction of sp³-hybridized carbons (Fsp3) is 0.280. The van der Waals surface area contributed by atoms with Crippen LogP contribution in [0.2, 0.25) is 0 Å². The van der Waals surface area contributed by atoms with Gasteiger partial charge in [0, 0.05) is 19.0 Å². The minimum atomic E-state index is -3.71. The summed E-state index contributed by atoms with van der Waals surface area (Å²) in [4.78, 5) is 0.122. The number of benzene rings is 3. The molecule has 0 saturated carbocycles. The second kappa shape index (κ2) is 10.1. The zero-order valence-electron chi connectivity index (χ0n) is 18.3. The maximum atomic E-state index is 12.9. The maximum absolute atomic E-state index is 12.9. The minimum absolute atomic E-state index is 0.0711. The van der Waals surface area contributed by atoms with E-state index < -0.39 is 20.0 Å². The number of sulfonamides is 2. The number of anilines is 1. The molecular formula is C25H28N2O4S2. The van der Waals surface area contributed by atoms with Crippen molar-refractivity contribution < 1.29 is 16.8 Å². The fourth-order valence-corrected chi connectivity index (χ4v) is 6.87. The lowest BCUT2D eigenvalue weighted by molar-refractivity contribution is 0.574. The highest BCUT2D eigenvalue weighted by atomic mass is 32.2. The molecule has 0 atom stereocenters. The van der Waals surface area contributed by atoms with Gasteiger partial charge in [-0.2, -0.15) is 0 Å². The Hall–Kier alpha value is -2.68. The average molecular weight is 485 g/mol. The Bertz CT molecular complexity index is 1220. The zero-order chi connectivity index (χ0) is 23.3. The van der Waals surface area contributed by atoms with Crippen LogP contribution in [-0.2, 0) is 20.0 Å². The third kappa shape index (κ3) is 5.63. The molecule has 1 fully saturated rings. The highest BCUT2D eigenvalue weighted by Crippen LogP contribution is 2.28. The quantitative estimate of drug-likeness (QED) is 0.521. The second-order valence-corrected chi connectivity index (χ2v) is 11.9. The van der Waals surface area contributed by atoms with E-state index in [2.05, 4.69) is 29.0 Å². The molecule has 0 unspecified atom stereocenters. The van der Waals surface area contributed by atoms with E-state index in [1.165, 1.54) is 16.4 Å². The normalized spacial score (nSPS) is 16.1. The summed E-state index contributed by atoms with van der Waals surface area (Å²) in [5.41, 5.74) is 2.77. The predicted molar refractivity (Wildman–Crippen MR) is 131 cm³/mol. The Morgan fingerprint density at radius 2 is 1.39 bits per heavy atom. The van der Waals surface area contributed by atoms with Crippen molar-refractivity contribution in [3.8, 4) is 0 Å². The van der Waals surface area contributed by atoms with Crippen molar-refractivity contribution >= 4 is 25.7 Å². The van der Waals surface area contributed by atoms with E-state index in [0.29, 0.717) is 25.1 Å². The Kier molecular flexibility index (Phi) is 7.17. The molecule has 8 heteroatoms. The first-order chi connectivity index (χ1) is 15.9. The molecule has 174 valence electrons. The number of nitrogens with one attached hydrogen (secondary N) is 1. The monoisotopic (exact) mass is 484 g/mol. The average Bonchev–Trinajstić information content (AvgIpc) is 2.83. The van der Waals surface area contributed by atoms with Gasteiger partial charge in [0.2, 0.25) is 20.0 Å². The highest BCUT2D eigenvalue weighted by Gasteiger charge is 2.26. The van der Waals surface area contributed by atoms with Crippen LogP contribution in [0.5, 0.6) is 0 Å². The van der Waals surface area contributed by atoms with Crippen LogP contribution in [-0.4, -0.2) is 35.7 Å². The molecular weight excluding hydrogens is 456 g/mol. The Morgan fingerprint density at radius 3 is 1.94 bits per heavy atom. The van der Waals surface area contributed by atoms with E-state index in [9.17, 15) is 16.8 Å². The van der Waals surface area contributed by atoms with Crippen LogP contribution >= 0.6 is 0 Å². The second-order valence-electron chi connectivity index (χ2n) is 8.15. The van der Waals surface area contributed by atoms with E-state index in [1.807, 2.05) is 36.4 Å². The summed E-state index contributed by atoms with van der Waals surface area (Å²) in [6.07, 6.45) is 2.06. The Labute approximate surface area is 196 Å². The van der Waals surface area contributed by atoms with Crippen LogP contribution in [0.15, 0.2) is 89.8 Å². The van der Waals surface area contributed by atoms with Gasteiger partial charge in [0.1, 0.15) is 0 Å². The van der Waals surface area contributed by atoms with Crippen LogP contribution in [0.3, 0.4) is 0 Å². The number of rotatable bonds is 8. The highest BCUT2D eigenvalue weighted by molar-refractivity contribution is 7.92. The summed E-state index contributed by atoms with van der Waals surface area (Å²) in [5.74, 6) is 0.195. The fourth-order valence-electron chi connectivity index (χ4n) is 4.19. The largest absolute Gasteiger partial charge is 0.270 e. The van der Waals surface area contributed by atoms with E-state index in [1.54, 1.807) is 12.1 Å². The van der Waals surface area contributed by atoms with Gasteiger partial charge in [0.05, 0.1) is 16.3 Å². The zero-order valence-corrected chi connectivity index (χ0v) is 19.9. The summed E-state index contributed by atoms with van der Waals surface area (Å²) >= 11 is 0. The van der Waals surface area contributed by atoms with Crippen molar-refractivity contribution in [2.24, 2.45) is 0 Å². The van der Waals surface area contributed by atoms with Gasteiger partial charge in [-0.1, -0.05) is 60.7 Å². The molecule has 1 aliphatic rings. The van der Waals surface area contributed by atoms with Crippen LogP contribution in [0.4, 0.5) is 5.69 Å². The van der Waals surface area contributed by atoms with Crippen molar-refractivity contribution in [2.45, 2.75) is 30.1 Å². The van der Waals surface area contributed by atoms with Gasteiger partial charge in [-0.15, -0.1) is 0 Å². The summed E-state index contributed by atoms with van der Waals surface area (Å²) in [7, 11) is -7.05. The molecule has 4 rings (SSSR count). The van der Waals surface area contributed by atoms with Gasteiger partial charge in [-0.05, 0) is 54.7 Å². The van der Waals surface area contributed by atoms with E-state index >= 15 is 0 Å². The molecule has 0 aromatic heterocycles. The van der Waals surface area contributed by atoms with Crippen molar-refractivity contribution in [2.75, 3.05) is 23.1 Å². The molecule has 0 spiro atoms. The predicted octanol–water partition coefficient (Wildman–Crippen LogP) is 4.12. The topological polar surface area (TPSA) is 83.6 Å². The SMILES string of the molecule is O=S(=O)(NCCC(c1ccccc1)c1ccccc1)c1ccc(N2CCCCS2(=O)=O)cc1. The van der Waals surface area contributed by atoms with E-state index in [-0.39, 0.29) is 23.1 Å². The standard InChI is InChI=1S/C25H28N2O4S2/c28-32(29)20-8-7-19-27(32)23-13-15-24(16-14-23)33(30,31)26-18-17-25(21-9-3-1-4-10-21)22-11-5-2-6-12-22/h1-6,9-16,25-26H,7-8,17-20H2. The number of nitrogens with zero attached hydrogens (tertiary/aromatic N) is 1. The summed E-state index contributed by atoms with van der Waals surface area (Å²) in [6.45, 7) is 0.700. The first-order valence-corrected chi connectivity index (χ1v) is 14.2. The van der Waals surface area contributed by atoms with Gasteiger partial charge < -0.3 is 0 Å². The van der Waals surface area contributed by atoms with E-state index in [0.717, 1.165) is 17.5 Å². The Balaban J connectivity index is 1.45. The molecule has 3 aromatic carbocycles. The van der Waals surface area contributed by atoms with Gasteiger partial charge >= 0.3 is 0 Å². The third-order valence-electron chi connectivity index (χ3n) is 5.91. The van der Waals surface area contributed by atoms with Crippen molar-refractivity contribution in [3.63, 3.8) is 0 Å². The minimum Gasteiger partial charge on any atom is -0.270 e. The molecule has 33 heavy (non-hydrogen) atoms. The summed E-state index contributed by atoms with van der Waals surface area (Å²) in [5, 5.41) is 0. The van der Waals surface area contributed by atoms with Gasteiger partial charge in [0.15, 0.2) is 0 Å². The first-order valence-electron chi connectivity index (χ1n) is 11.1. The van der Waals surface area contributed by atoms with Crippen molar-refractivity contribution in [3.05, 3.63) is 96.1 Å². The molecule has 3 aromatic rings. The molecule has 0 radical (unpaired) electrons. The van der Waals surface area contributed by atoms with Crippen LogP contribution in [0.25, 0.3) is 0 Å². The lowest BCUT2D eigenvalue weighted by atomic mass is 9.89. The summed E-state index contributed by atoms with van der Waals surface area (Å²) < 4.78 is 54.4. The van der Waals surface area contributed by atoms with Crippen LogP contribution in [0.1, 0.15) is 36.3 Å². The molecule has 6 nitrogen and oxygen atoms in total. The lowest BCUT2D eigenvalue weighted by Gasteiger charge is -2.28. The maximum Gasteiger partial charge on any atom is 0.240 e. The van der Waals surface area contributed by atoms with Crippen LogP contribution < -0.4 is 9.03 Å². The van der Waals surface area contributed by atoms with Gasteiger partial charge in [-0.3, -0.25) is 4.31 Å². The number of hydrogen-bond donors (Lipinski definition) is 1. The molecule has 1 heterocycles. The van der Waals surface area contributed by atoms with Gasteiger partial charge in [-0.25, -0.2) is 21.6 Å². The van der Waals surface area contributed by atoms with Gasteiger partial charge in [0.25, 0.3) is 0 Å². The van der Waals surface area contributed by atoms with Crippen LogP contribution in [0, 0.1) is 0 Å². The van der Waals surface area contributed by atoms with E-state index in [4.69, 9.17) is 0 Å². The molecule has 0 aliphatic carbocycles. The molecule has 0 amide bonds. The number of hydrogen-bond acceptors (Lipinski definition) is 4. The third-order valence-corrected chi connectivity index (χ3v) is 9.26. The lowest BCUT2D eigenvalue weighted by Crippen LogP contribution is -2.37. The molecule has 0 bridgehead atoms. The molecule has 1 saturated heterocycles. The Morgan fingerprint density at radius 1 is 0.818 bits per heavy atom. The molecule has 1 aliphatic heterocycles. The molecule has 1 N–H and O–H groups in total. The van der Waals surface area contributed by atoms with Crippen molar-refractivity contribution in [1.29, 1.82) is 0 Å². The van der Waals surface area contributed by atoms with Crippen molar-refractivity contribution in [1.82, 2.24) is 4.72 Å². The smallest absolute Gasteiger partial charge is 0.240 e. The summed E-state index contributed by atoms with van der Waals surface area (Å²) in [6, 6.07) is 26.2. The first kappa shape index (κ1) is 23.5.